The van der Waals surface area contributed by atoms with Gasteiger partial charge in [-0.25, -0.2) is 0 Å². The zero-order valence-electron chi connectivity index (χ0n) is 12.9. The number of thioether (sulfide) groups is 1. The number of anilines is 1. The van der Waals surface area contributed by atoms with Crippen LogP contribution in [-0.2, 0) is 4.79 Å². The summed E-state index contributed by atoms with van der Waals surface area (Å²) in [6, 6.07) is 15.5. The summed E-state index contributed by atoms with van der Waals surface area (Å²) >= 11 is 6.52. The van der Waals surface area contributed by atoms with E-state index in [1.165, 1.54) is 28.8 Å². The first-order chi connectivity index (χ1) is 12.1. The second-order valence-corrected chi connectivity index (χ2v) is 6.76. The molecule has 0 unspecified atom stereocenters. The summed E-state index contributed by atoms with van der Waals surface area (Å²) in [7, 11) is 0. The van der Waals surface area contributed by atoms with Gasteiger partial charge in [-0.15, -0.1) is 0 Å². The molecule has 1 aliphatic rings. The van der Waals surface area contributed by atoms with E-state index in [0.29, 0.717) is 14.8 Å². The van der Waals surface area contributed by atoms with E-state index in [-0.39, 0.29) is 11.6 Å². The number of hydrogen-bond acceptors (Lipinski definition) is 5. The standard InChI is InChI=1S/C18H12N2O3S2/c21-17-16(25-18(24)19(17)14-8-2-1-3-9-14)11-5-7-13-6-4-10-15(12-13)20(22)23/h1-12H. The molecule has 25 heavy (non-hydrogen) atoms. The van der Waals surface area contributed by atoms with Gasteiger partial charge in [0.25, 0.3) is 11.6 Å². The van der Waals surface area contributed by atoms with Crippen molar-refractivity contribution in [3.63, 3.8) is 0 Å². The van der Waals surface area contributed by atoms with Crippen LogP contribution in [0.2, 0.25) is 0 Å². The molecule has 0 aromatic heterocycles. The Morgan fingerprint density at radius 3 is 2.60 bits per heavy atom. The minimum absolute atomic E-state index is 0.0255. The second kappa shape index (κ2) is 7.42. The molecule has 0 bridgehead atoms. The lowest BCUT2D eigenvalue weighted by atomic mass is 10.2. The van der Waals surface area contributed by atoms with Crippen LogP contribution < -0.4 is 4.90 Å². The Morgan fingerprint density at radius 1 is 1.12 bits per heavy atom. The number of thiocarbonyl (C=S) groups is 1. The second-order valence-electron chi connectivity index (χ2n) is 5.09. The van der Waals surface area contributed by atoms with Crippen LogP contribution in [0.4, 0.5) is 11.4 Å². The number of hydrogen-bond donors (Lipinski definition) is 0. The number of amides is 1. The molecular formula is C18H12N2O3S2. The average molecular weight is 368 g/mol. The zero-order valence-corrected chi connectivity index (χ0v) is 14.5. The summed E-state index contributed by atoms with van der Waals surface area (Å²) in [5.74, 6) is -0.176. The van der Waals surface area contributed by atoms with Crippen LogP contribution in [0.1, 0.15) is 5.56 Å². The van der Waals surface area contributed by atoms with Gasteiger partial charge >= 0.3 is 0 Å². The van der Waals surface area contributed by atoms with Gasteiger partial charge in [-0.05, 0) is 23.8 Å². The van der Waals surface area contributed by atoms with Crippen LogP contribution in [0.25, 0.3) is 6.08 Å². The average Bonchev–Trinajstić information content (AvgIpc) is 2.90. The van der Waals surface area contributed by atoms with E-state index >= 15 is 0 Å². The predicted molar refractivity (Wildman–Crippen MR) is 104 cm³/mol. The molecular weight excluding hydrogens is 356 g/mol. The summed E-state index contributed by atoms with van der Waals surface area (Å²) < 4.78 is 0.478. The number of para-hydroxylation sites is 1. The van der Waals surface area contributed by atoms with Gasteiger partial charge in [-0.1, -0.05) is 66.5 Å². The minimum Gasteiger partial charge on any atom is -0.268 e. The fourth-order valence-corrected chi connectivity index (χ4v) is 3.52. The smallest absolute Gasteiger partial charge is 0.268 e. The number of nitro benzene ring substituents is 1. The van der Waals surface area contributed by atoms with E-state index in [9.17, 15) is 14.9 Å². The number of rotatable bonds is 4. The first-order valence-electron chi connectivity index (χ1n) is 7.30. The van der Waals surface area contributed by atoms with Gasteiger partial charge in [0, 0.05) is 12.1 Å². The molecule has 3 rings (SSSR count). The molecule has 5 nitrogen and oxygen atoms in total. The van der Waals surface area contributed by atoms with Gasteiger partial charge in [0.2, 0.25) is 0 Å². The molecule has 0 N–H and O–H groups in total. The highest BCUT2D eigenvalue weighted by atomic mass is 32.2. The molecule has 1 heterocycles. The molecule has 1 amide bonds. The molecule has 7 heteroatoms. The predicted octanol–water partition coefficient (Wildman–Crippen LogP) is 4.56. The van der Waals surface area contributed by atoms with Crippen molar-refractivity contribution in [1.82, 2.24) is 0 Å². The molecule has 124 valence electrons. The Kier molecular flexibility index (Phi) is 5.06. The van der Waals surface area contributed by atoms with Crippen molar-refractivity contribution < 1.29 is 9.72 Å². The molecule has 1 aliphatic heterocycles. The topological polar surface area (TPSA) is 63.4 Å². The van der Waals surface area contributed by atoms with Gasteiger partial charge < -0.3 is 0 Å². The van der Waals surface area contributed by atoms with E-state index in [1.54, 1.807) is 30.4 Å². The highest BCUT2D eigenvalue weighted by molar-refractivity contribution is 8.27. The lowest BCUT2D eigenvalue weighted by Crippen LogP contribution is -2.27. The van der Waals surface area contributed by atoms with Gasteiger partial charge in [0.05, 0.1) is 15.5 Å². The van der Waals surface area contributed by atoms with E-state index in [1.807, 2.05) is 30.3 Å². The number of non-ortho nitro benzene ring substituents is 1. The van der Waals surface area contributed by atoms with Crippen LogP contribution in [0.15, 0.2) is 71.7 Å². The van der Waals surface area contributed by atoms with Crippen molar-refractivity contribution in [3.8, 4) is 0 Å². The Morgan fingerprint density at radius 2 is 1.88 bits per heavy atom. The largest absolute Gasteiger partial charge is 0.270 e. The molecule has 2 aromatic rings. The van der Waals surface area contributed by atoms with Crippen molar-refractivity contribution in [1.29, 1.82) is 0 Å². The lowest BCUT2D eigenvalue weighted by Gasteiger charge is -2.13. The fraction of sp³-hybridized carbons (Fsp3) is 0. The Balaban J connectivity index is 1.79. The van der Waals surface area contributed by atoms with Crippen LogP contribution in [0.3, 0.4) is 0 Å². The highest BCUT2D eigenvalue weighted by Crippen LogP contribution is 2.34. The number of carbonyl (C=O) groups excluding carboxylic acids is 1. The molecule has 1 fully saturated rings. The Bertz CT molecular complexity index is 908. The summed E-state index contributed by atoms with van der Waals surface area (Å²) in [5, 5.41) is 10.8. The number of benzene rings is 2. The van der Waals surface area contributed by atoms with E-state index < -0.39 is 4.92 Å². The third-order valence-corrected chi connectivity index (χ3v) is 4.75. The summed E-state index contributed by atoms with van der Waals surface area (Å²) in [6.45, 7) is 0. The summed E-state index contributed by atoms with van der Waals surface area (Å²) in [5.41, 5.74) is 1.44. The van der Waals surface area contributed by atoms with Crippen molar-refractivity contribution in [3.05, 3.63) is 87.3 Å². The molecule has 2 aromatic carbocycles. The van der Waals surface area contributed by atoms with Crippen LogP contribution >= 0.6 is 24.0 Å². The van der Waals surface area contributed by atoms with E-state index in [4.69, 9.17) is 12.2 Å². The molecule has 1 saturated heterocycles. The first-order valence-corrected chi connectivity index (χ1v) is 8.53. The monoisotopic (exact) mass is 368 g/mol. The van der Waals surface area contributed by atoms with Gasteiger partial charge in [-0.3, -0.25) is 19.8 Å². The molecule has 0 saturated carbocycles. The number of carbonyl (C=O) groups is 1. The van der Waals surface area contributed by atoms with Crippen molar-refractivity contribution in [2.45, 2.75) is 0 Å². The zero-order chi connectivity index (χ0) is 17.8. The summed E-state index contributed by atoms with van der Waals surface area (Å²) in [4.78, 5) is 24.9. The van der Waals surface area contributed by atoms with Crippen LogP contribution in [0.5, 0.6) is 0 Å². The maximum absolute atomic E-state index is 12.5. The quantitative estimate of drug-likeness (QED) is 0.343. The molecule has 0 spiro atoms. The number of nitro groups is 1. The normalized spacial score (nSPS) is 16.2. The third-order valence-electron chi connectivity index (χ3n) is 3.43. The van der Waals surface area contributed by atoms with Gasteiger partial charge in [-0.2, -0.15) is 0 Å². The van der Waals surface area contributed by atoms with E-state index in [2.05, 4.69) is 0 Å². The van der Waals surface area contributed by atoms with Gasteiger partial charge in [0.1, 0.15) is 0 Å². The number of nitrogens with zero attached hydrogens (tertiary/aromatic N) is 2. The Hall–Kier alpha value is -2.77. The van der Waals surface area contributed by atoms with Crippen molar-refractivity contribution in [2.24, 2.45) is 0 Å². The molecule has 0 aliphatic carbocycles. The van der Waals surface area contributed by atoms with Crippen LogP contribution in [-0.4, -0.2) is 15.2 Å². The van der Waals surface area contributed by atoms with Crippen LogP contribution in [0, 0.1) is 10.1 Å². The van der Waals surface area contributed by atoms with Crippen molar-refractivity contribution >= 4 is 51.7 Å². The summed E-state index contributed by atoms with van der Waals surface area (Å²) in [6.07, 6.45) is 5.07. The third kappa shape index (κ3) is 3.84. The lowest BCUT2D eigenvalue weighted by molar-refractivity contribution is -0.384. The molecule has 0 radical (unpaired) electrons. The molecule has 0 atom stereocenters. The maximum atomic E-state index is 12.5. The minimum atomic E-state index is -0.442. The highest BCUT2D eigenvalue weighted by Gasteiger charge is 2.32. The first kappa shape index (κ1) is 17.1. The Labute approximate surface area is 153 Å². The van der Waals surface area contributed by atoms with Gasteiger partial charge in [0.15, 0.2) is 4.32 Å². The fourth-order valence-electron chi connectivity index (χ4n) is 2.27. The number of allylic oxidation sites excluding steroid dienone is 2. The maximum Gasteiger partial charge on any atom is 0.270 e. The SMILES string of the molecule is O=C1C(=CC=Cc2cccc([N+](=O)[O-])c2)SC(=S)N1c1ccccc1. The van der Waals surface area contributed by atoms with E-state index in [0.717, 1.165) is 5.69 Å². The van der Waals surface area contributed by atoms with Crippen molar-refractivity contribution in [2.75, 3.05) is 4.90 Å².